The maximum atomic E-state index is 12.1. The van der Waals surface area contributed by atoms with E-state index in [9.17, 15) is 4.79 Å². The summed E-state index contributed by atoms with van der Waals surface area (Å²) in [5.74, 6) is 0.673. The number of nitrogens with zero attached hydrogens (tertiary/aromatic N) is 4. The van der Waals surface area contributed by atoms with Crippen LogP contribution in [0.1, 0.15) is 25.0 Å². The maximum Gasteiger partial charge on any atom is 0.234 e. The fourth-order valence-corrected chi connectivity index (χ4v) is 2.82. The van der Waals surface area contributed by atoms with E-state index in [0.29, 0.717) is 11.1 Å². The van der Waals surface area contributed by atoms with Crippen molar-refractivity contribution in [1.29, 1.82) is 0 Å². The molecule has 0 radical (unpaired) electrons. The lowest BCUT2D eigenvalue weighted by molar-refractivity contribution is -0.113. The van der Waals surface area contributed by atoms with Gasteiger partial charge >= 0.3 is 0 Å². The number of carbonyl (C=O) groups is 1. The summed E-state index contributed by atoms with van der Waals surface area (Å²) in [6, 6.07) is 5.99. The van der Waals surface area contributed by atoms with Gasteiger partial charge in [-0.15, -0.1) is 5.10 Å². The number of hydrogen-bond acceptors (Lipinski definition) is 5. The number of tetrazole rings is 1. The second-order valence-corrected chi connectivity index (χ2v) is 6.69. The summed E-state index contributed by atoms with van der Waals surface area (Å²) in [5.41, 5.74) is 3.08. The van der Waals surface area contributed by atoms with Gasteiger partial charge in [0.2, 0.25) is 11.1 Å². The smallest absolute Gasteiger partial charge is 0.234 e. The molecule has 0 aliphatic carbocycles. The van der Waals surface area contributed by atoms with Gasteiger partial charge in [-0.25, -0.2) is 4.68 Å². The first kappa shape index (κ1) is 16.5. The van der Waals surface area contributed by atoms with Crippen LogP contribution in [0.15, 0.2) is 23.4 Å². The molecule has 22 heavy (non-hydrogen) atoms. The zero-order valence-corrected chi connectivity index (χ0v) is 14.1. The van der Waals surface area contributed by atoms with Crippen molar-refractivity contribution < 1.29 is 4.79 Å². The van der Waals surface area contributed by atoms with E-state index in [1.54, 1.807) is 4.68 Å². The maximum absolute atomic E-state index is 12.1. The molecular formula is C15H21N5OS. The molecule has 0 unspecified atom stereocenters. The molecule has 0 spiro atoms. The lowest BCUT2D eigenvalue weighted by atomic mass is 10.1. The Morgan fingerprint density at radius 1 is 1.27 bits per heavy atom. The average molecular weight is 319 g/mol. The molecule has 1 aromatic heterocycles. The molecule has 0 bridgehead atoms. The van der Waals surface area contributed by atoms with Crippen molar-refractivity contribution in [3.8, 4) is 0 Å². The van der Waals surface area contributed by atoms with Crippen molar-refractivity contribution in [3.05, 3.63) is 29.3 Å². The van der Waals surface area contributed by atoms with Crippen molar-refractivity contribution in [2.24, 2.45) is 5.92 Å². The Kier molecular flexibility index (Phi) is 5.54. The summed E-state index contributed by atoms with van der Waals surface area (Å²) in [6.07, 6.45) is 0. The highest BCUT2D eigenvalue weighted by Gasteiger charge is 2.11. The molecule has 1 N–H and O–H groups in total. The number of hydrogen-bond donors (Lipinski definition) is 1. The molecule has 0 aliphatic heterocycles. The van der Waals surface area contributed by atoms with Crippen LogP contribution >= 0.6 is 11.8 Å². The van der Waals surface area contributed by atoms with Gasteiger partial charge in [0.1, 0.15) is 0 Å². The van der Waals surface area contributed by atoms with E-state index >= 15 is 0 Å². The van der Waals surface area contributed by atoms with Crippen molar-refractivity contribution in [1.82, 2.24) is 20.2 Å². The van der Waals surface area contributed by atoms with Gasteiger partial charge in [-0.1, -0.05) is 31.7 Å². The predicted molar refractivity (Wildman–Crippen MR) is 87.9 cm³/mol. The number of rotatable bonds is 6. The largest absolute Gasteiger partial charge is 0.325 e. The number of aromatic nitrogens is 4. The van der Waals surface area contributed by atoms with E-state index in [4.69, 9.17) is 0 Å². The molecule has 6 nitrogen and oxygen atoms in total. The SMILES string of the molecule is Cc1cc(C)cc(NC(=O)CSc2nnnn2CC(C)C)c1. The van der Waals surface area contributed by atoms with Gasteiger partial charge in [0.15, 0.2) is 0 Å². The third kappa shape index (κ3) is 4.84. The Morgan fingerprint density at radius 3 is 2.59 bits per heavy atom. The van der Waals surface area contributed by atoms with Crippen LogP contribution in [0.2, 0.25) is 0 Å². The van der Waals surface area contributed by atoms with Crippen molar-refractivity contribution in [2.75, 3.05) is 11.1 Å². The summed E-state index contributed by atoms with van der Waals surface area (Å²) in [4.78, 5) is 12.1. The fourth-order valence-electron chi connectivity index (χ4n) is 2.13. The predicted octanol–water partition coefficient (Wildman–Crippen LogP) is 2.68. The second kappa shape index (κ2) is 7.40. The first-order valence-corrected chi connectivity index (χ1v) is 8.19. The molecule has 7 heteroatoms. The van der Waals surface area contributed by atoms with Crippen LogP contribution in [0, 0.1) is 19.8 Å². The zero-order valence-electron chi connectivity index (χ0n) is 13.3. The highest BCUT2D eigenvalue weighted by molar-refractivity contribution is 7.99. The Hall–Kier alpha value is -1.89. The van der Waals surface area contributed by atoms with E-state index in [1.807, 2.05) is 26.0 Å². The van der Waals surface area contributed by atoms with Crippen molar-refractivity contribution in [2.45, 2.75) is 39.4 Å². The summed E-state index contributed by atoms with van der Waals surface area (Å²) in [5, 5.41) is 15.2. The molecule has 0 fully saturated rings. The Morgan fingerprint density at radius 2 is 1.95 bits per heavy atom. The monoisotopic (exact) mass is 319 g/mol. The third-order valence-electron chi connectivity index (χ3n) is 2.87. The minimum Gasteiger partial charge on any atom is -0.325 e. The van der Waals surface area contributed by atoms with Gasteiger partial charge in [0, 0.05) is 12.2 Å². The van der Waals surface area contributed by atoms with E-state index in [2.05, 4.69) is 40.8 Å². The van der Waals surface area contributed by atoms with Gasteiger partial charge in [-0.05, 0) is 53.5 Å². The Labute approximate surface area is 134 Å². The molecule has 2 aromatic rings. The molecule has 1 aromatic carbocycles. The average Bonchev–Trinajstić information content (AvgIpc) is 2.81. The lowest BCUT2D eigenvalue weighted by Gasteiger charge is -2.08. The van der Waals surface area contributed by atoms with Gasteiger partial charge in [0.05, 0.1) is 5.75 Å². The van der Waals surface area contributed by atoms with Gasteiger partial charge < -0.3 is 5.32 Å². The number of benzene rings is 1. The minimum absolute atomic E-state index is 0.0610. The number of aryl methyl sites for hydroxylation is 2. The Bertz CT molecular complexity index is 633. The molecule has 0 aliphatic rings. The second-order valence-electron chi connectivity index (χ2n) is 5.75. The molecule has 0 saturated heterocycles. The number of carbonyl (C=O) groups excluding carboxylic acids is 1. The molecule has 0 atom stereocenters. The zero-order chi connectivity index (χ0) is 16.1. The topological polar surface area (TPSA) is 72.7 Å². The van der Waals surface area contributed by atoms with Crippen LogP contribution in [0.25, 0.3) is 0 Å². The van der Waals surface area contributed by atoms with Crippen LogP contribution in [0.4, 0.5) is 5.69 Å². The van der Waals surface area contributed by atoms with E-state index in [0.717, 1.165) is 23.4 Å². The van der Waals surface area contributed by atoms with Gasteiger partial charge in [-0.2, -0.15) is 0 Å². The van der Waals surface area contributed by atoms with Crippen LogP contribution in [0.5, 0.6) is 0 Å². The highest BCUT2D eigenvalue weighted by atomic mass is 32.2. The number of anilines is 1. The summed E-state index contributed by atoms with van der Waals surface area (Å²) < 4.78 is 1.74. The van der Waals surface area contributed by atoms with Gasteiger partial charge in [-0.3, -0.25) is 4.79 Å². The number of nitrogens with one attached hydrogen (secondary N) is 1. The van der Waals surface area contributed by atoms with E-state index in [1.165, 1.54) is 11.8 Å². The quantitative estimate of drug-likeness (QED) is 0.829. The molecule has 2 rings (SSSR count). The minimum atomic E-state index is -0.0610. The number of thioether (sulfide) groups is 1. The first-order valence-electron chi connectivity index (χ1n) is 7.21. The van der Waals surface area contributed by atoms with E-state index in [-0.39, 0.29) is 11.7 Å². The summed E-state index contributed by atoms with van der Waals surface area (Å²) in [6.45, 7) is 8.97. The van der Waals surface area contributed by atoms with Gasteiger partial charge in [0.25, 0.3) is 0 Å². The lowest BCUT2D eigenvalue weighted by Crippen LogP contribution is -2.15. The summed E-state index contributed by atoms with van der Waals surface area (Å²) in [7, 11) is 0. The fraction of sp³-hybridized carbons (Fsp3) is 0.467. The summed E-state index contributed by atoms with van der Waals surface area (Å²) >= 11 is 1.35. The normalized spacial score (nSPS) is 11.0. The molecular weight excluding hydrogens is 298 g/mol. The van der Waals surface area contributed by atoms with Crippen LogP contribution < -0.4 is 5.32 Å². The highest BCUT2D eigenvalue weighted by Crippen LogP contribution is 2.17. The molecule has 1 amide bonds. The van der Waals surface area contributed by atoms with Crippen LogP contribution in [-0.2, 0) is 11.3 Å². The van der Waals surface area contributed by atoms with E-state index < -0.39 is 0 Å². The Balaban J connectivity index is 1.91. The van der Waals surface area contributed by atoms with Crippen molar-refractivity contribution in [3.63, 3.8) is 0 Å². The molecule has 118 valence electrons. The number of amides is 1. The molecule has 1 heterocycles. The molecule has 0 saturated carbocycles. The van der Waals surface area contributed by atoms with Crippen LogP contribution in [-0.4, -0.2) is 31.9 Å². The standard InChI is InChI=1S/C15H21N5OS/c1-10(2)8-20-15(17-18-19-20)22-9-14(21)16-13-6-11(3)5-12(4)7-13/h5-7,10H,8-9H2,1-4H3,(H,16,21). The third-order valence-corrected chi connectivity index (χ3v) is 3.83. The van der Waals surface area contributed by atoms with Crippen molar-refractivity contribution >= 4 is 23.4 Å². The first-order chi connectivity index (χ1) is 10.4. The van der Waals surface area contributed by atoms with Crippen LogP contribution in [0.3, 0.4) is 0 Å².